The highest BCUT2D eigenvalue weighted by Crippen LogP contribution is 2.23. The minimum atomic E-state index is -4.38. The van der Waals surface area contributed by atoms with Gasteiger partial charge in [0.1, 0.15) is 0 Å². The lowest BCUT2D eigenvalue weighted by Gasteiger charge is -2.14. The topological polar surface area (TPSA) is 26.3 Å². The Kier molecular flexibility index (Phi) is 4.77. The van der Waals surface area contributed by atoms with Crippen LogP contribution in [0.25, 0.3) is 0 Å². The molecule has 0 saturated carbocycles. The Morgan fingerprint density at radius 2 is 1.85 bits per heavy atom. The number of carbonyl (C=O) groups excluding carboxylic acids is 1. The summed E-state index contributed by atoms with van der Waals surface area (Å²) < 4.78 is 50.7. The SMILES string of the molecule is O=C(OCC(F)(F)C(F)F)C(Cl)Cl. The molecule has 13 heavy (non-hydrogen) atoms. The predicted octanol–water partition coefficient (Wildman–Crippen LogP) is 2.23. The lowest BCUT2D eigenvalue weighted by molar-refractivity contribution is -0.178. The summed E-state index contributed by atoms with van der Waals surface area (Å²) in [5, 5.41) is 0. The maximum Gasteiger partial charge on any atom is 0.340 e. The first-order valence-electron chi connectivity index (χ1n) is 2.88. The van der Waals surface area contributed by atoms with Crippen LogP contribution in [0.2, 0.25) is 0 Å². The van der Waals surface area contributed by atoms with Gasteiger partial charge < -0.3 is 4.74 Å². The molecular formula is C5H4Cl2F4O2. The van der Waals surface area contributed by atoms with E-state index in [0.717, 1.165) is 0 Å². The zero-order chi connectivity index (χ0) is 10.6. The molecule has 0 fully saturated rings. The fourth-order valence-electron chi connectivity index (χ4n) is 0.293. The fraction of sp³-hybridized carbons (Fsp3) is 0.800. The fourth-order valence-corrected chi connectivity index (χ4v) is 0.419. The van der Waals surface area contributed by atoms with Gasteiger partial charge in [0.2, 0.25) is 4.84 Å². The van der Waals surface area contributed by atoms with E-state index < -0.39 is 29.8 Å². The zero-order valence-corrected chi connectivity index (χ0v) is 7.46. The van der Waals surface area contributed by atoms with Crippen molar-refractivity contribution in [2.24, 2.45) is 0 Å². The van der Waals surface area contributed by atoms with Gasteiger partial charge in [-0.1, -0.05) is 23.2 Å². The Morgan fingerprint density at radius 3 is 2.15 bits per heavy atom. The van der Waals surface area contributed by atoms with Gasteiger partial charge in [0.05, 0.1) is 0 Å². The molecule has 0 atom stereocenters. The molecule has 0 radical (unpaired) electrons. The molecule has 0 unspecified atom stereocenters. The highest BCUT2D eigenvalue weighted by Gasteiger charge is 2.42. The summed E-state index contributed by atoms with van der Waals surface area (Å²) in [5.74, 6) is -5.76. The molecule has 0 spiro atoms. The minimum Gasteiger partial charge on any atom is -0.457 e. The Balaban J connectivity index is 3.95. The van der Waals surface area contributed by atoms with Crippen molar-refractivity contribution < 1.29 is 27.1 Å². The van der Waals surface area contributed by atoms with Crippen LogP contribution in [0.4, 0.5) is 17.6 Å². The van der Waals surface area contributed by atoms with Gasteiger partial charge in [-0.3, -0.25) is 0 Å². The van der Waals surface area contributed by atoms with Gasteiger partial charge >= 0.3 is 18.3 Å². The van der Waals surface area contributed by atoms with Crippen molar-refractivity contribution in [1.82, 2.24) is 0 Å². The lowest BCUT2D eigenvalue weighted by atomic mass is 10.4. The van der Waals surface area contributed by atoms with E-state index >= 15 is 0 Å². The molecular weight excluding hydrogens is 239 g/mol. The Morgan fingerprint density at radius 1 is 1.38 bits per heavy atom. The Hall–Kier alpha value is -0.230. The molecule has 0 aliphatic heterocycles. The zero-order valence-electron chi connectivity index (χ0n) is 5.95. The standard InChI is InChI=1S/C5H4Cl2F4O2/c6-2(7)3(12)13-1-5(10,11)4(8)9/h2,4H,1H2. The third-order valence-corrected chi connectivity index (χ3v) is 1.26. The van der Waals surface area contributed by atoms with Crippen LogP contribution in [0.15, 0.2) is 0 Å². The summed E-state index contributed by atoms with van der Waals surface area (Å²) >= 11 is 9.79. The predicted molar refractivity (Wildman–Crippen MR) is 37.4 cm³/mol. The van der Waals surface area contributed by atoms with Gasteiger partial charge in [-0.05, 0) is 0 Å². The molecule has 0 bridgehead atoms. The number of esters is 1. The quantitative estimate of drug-likeness (QED) is 0.430. The van der Waals surface area contributed by atoms with Crippen molar-refractivity contribution in [2.45, 2.75) is 17.2 Å². The van der Waals surface area contributed by atoms with E-state index in [4.69, 9.17) is 23.2 Å². The summed E-state index contributed by atoms with van der Waals surface area (Å²) in [7, 11) is 0. The van der Waals surface area contributed by atoms with Gasteiger partial charge in [-0.15, -0.1) is 0 Å². The van der Waals surface area contributed by atoms with Crippen molar-refractivity contribution >= 4 is 29.2 Å². The van der Waals surface area contributed by atoms with Crippen LogP contribution in [0, 0.1) is 0 Å². The Bertz CT molecular complexity index is 185. The summed E-state index contributed by atoms with van der Waals surface area (Å²) in [6.07, 6.45) is -3.90. The molecule has 0 aliphatic rings. The summed E-state index contributed by atoms with van der Waals surface area (Å²) in [5.41, 5.74) is 0. The summed E-state index contributed by atoms with van der Waals surface area (Å²) in [6.45, 7) is -1.74. The first-order valence-corrected chi connectivity index (χ1v) is 3.75. The maximum atomic E-state index is 12.1. The van der Waals surface area contributed by atoms with Crippen LogP contribution in [0.1, 0.15) is 0 Å². The maximum absolute atomic E-state index is 12.1. The van der Waals surface area contributed by atoms with Crippen LogP contribution < -0.4 is 0 Å². The van der Waals surface area contributed by atoms with Gasteiger partial charge in [0.15, 0.2) is 6.61 Å². The number of hydrogen-bond donors (Lipinski definition) is 0. The molecule has 0 aromatic rings. The lowest BCUT2D eigenvalue weighted by Crippen LogP contribution is -2.34. The van der Waals surface area contributed by atoms with E-state index in [1.54, 1.807) is 0 Å². The second-order valence-electron chi connectivity index (χ2n) is 1.97. The van der Waals surface area contributed by atoms with Gasteiger partial charge in [0, 0.05) is 0 Å². The van der Waals surface area contributed by atoms with E-state index in [0.29, 0.717) is 0 Å². The smallest absolute Gasteiger partial charge is 0.340 e. The molecule has 2 nitrogen and oxygen atoms in total. The second-order valence-corrected chi connectivity index (χ2v) is 3.07. The molecule has 0 saturated heterocycles. The van der Waals surface area contributed by atoms with E-state index in [1.165, 1.54) is 0 Å². The Labute approximate surface area is 80.7 Å². The first-order chi connectivity index (χ1) is 5.77. The van der Waals surface area contributed by atoms with E-state index in [1.807, 2.05) is 0 Å². The molecule has 0 heterocycles. The number of carbonyl (C=O) groups is 1. The largest absolute Gasteiger partial charge is 0.457 e. The highest BCUT2D eigenvalue weighted by molar-refractivity contribution is 6.52. The molecule has 0 aliphatic carbocycles. The van der Waals surface area contributed by atoms with E-state index in [-0.39, 0.29) is 0 Å². The number of alkyl halides is 6. The van der Waals surface area contributed by atoms with E-state index in [2.05, 4.69) is 4.74 Å². The van der Waals surface area contributed by atoms with Crippen LogP contribution in [-0.4, -0.2) is 29.8 Å². The summed E-state index contributed by atoms with van der Waals surface area (Å²) in [4.78, 5) is 8.69. The number of hydrogen-bond acceptors (Lipinski definition) is 2. The average Bonchev–Trinajstić information content (AvgIpc) is 1.99. The molecule has 0 aromatic heterocycles. The van der Waals surface area contributed by atoms with Crippen molar-refractivity contribution in [2.75, 3.05) is 6.61 Å². The van der Waals surface area contributed by atoms with Crippen LogP contribution >= 0.6 is 23.2 Å². The molecule has 0 aromatic carbocycles. The minimum absolute atomic E-state index is 1.39. The normalized spacial score (nSPS) is 12.3. The van der Waals surface area contributed by atoms with Gasteiger partial charge in [-0.2, -0.15) is 8.78 Å². The summed E-state index contributed by atoms with van der Waals surface area (Å²) in [6, 6.07) is 0. The monoisotopic (exact) mass is 242 g/mol. The molecule has 8 heteroatoms. The van der Waals surface area contributed by atoms with Crippen LogP contribution in [0.5, 0.6) is 0 Å². The highest BCUT2D eigenvalue weighted by atomic mass is 35.5. The van der Waals surface area contributed by atoms with E-state index in [9.17, 15) is 22.4 Å². The third-order valence-electron chi connectivity index (χ3n) is 0.904. The second kappa shape index (κ2) is 4.85. The van der Waals surface area contributed by atoms with Crippen molar-refractivity contribution in [3.05, 3.63) is 0 Å². The first kappa shape index (κ1) is 12.8. The molecule has 0 rings (SSSR count). The van der Waals surface area contributed by atoms with Crippen LogP contribution in [0.3, 0.4) is 0 Å². The van der Waals surface area contributed by atoms with Gasteiger partial charge in [0.25, 0.3) is 0 Å². The third kappa shape index (κ3) is 4.52. The number of ether oxygens (including phenoxy) is 1. The van der Waals surface area contributed by atoms with Crippen molar-refractivity contribution in [3.8, 4) is 0 Å². The van der Waals surface area contributed by atoms with Crippen molar-refractivity contribution in [3.63, 3.8) is 0 Å². The van der Waals surface area contributed by atoms with Crippen molar-refractivity contribution in [1.29, 1.82) is 0 Å². The average molecular weight is 243 g/mol. The molecule has 78 valence electrons. The van der Waals surface area contributed by atoms with Gasteiger partial charge in [-0.25, -0.2) is 13.6 Å². The molecule has 0 amide bonds. The number of halogens is 6. The van der Waals surface area contributed by atoms with Crippen LogP contribution in [-0.2, 0) is 9.53 Å². The number of rotatable bonds is 4. The molecule has 0 N–H and O–H groups in total.